The van der Waals surface area contributed by atoms with Crippen LogP contribution in [0.15, 0.2) is 47.5 Å². The molecule has 0 radical (unpaired) electrons. The fourth-order valence-electron chi connectivity index (χ4n) is 2.30. The molecule has 0 saturated heterocycles. The molecule has 0 heterocycles. The number of ether oxygens (including phenoxy) is 2. The van der Waals surface area contributed by atoms with Gasteiger partial charge in [-0.3, -0.25) is 4.99 Å². The Hall–Kier alpha value is -2.84. The van der Waals surface area contributed by atoms with Gasteiger partial charge in [-0.15, -0.1) is 6.42 Å². The lowest BCUT2D eigenvalue weighted by atomic mass is 10.2. The van der Waals surface area contributed by atoms with Crippen LogP contribution in [0.4, 0.5) is 0 Å². The summed E-state index contributed by atoms with van der Waals surface area (Å²) in [5, 5.41) is 7.23. The first-order valence-corrected chi connectivity index (χ1v) is 8.46. The fourth-order valence-corrected chi connectivity index (χ4v) is 2.52. The SMILES string of the molecule is C#CCOc1cc(CNC(=NC)NCc2cccc(Cl)c2)ccc1OC. The van der Waals surface area contributed by atoms with Gasteiger partial charge in [0.25, 0.3) is 0 Å². The van der Waals surface area contributed by atoms with Crippen molar-refractivity contribution in [1.29, 1.82) is 0 Å². The van der Waals surface area contributed by atoms with Crippen LogP contribution in [-0.4, -0.2) is 26.7 Å². The summed E-state index contributed by atoms with van der Waals surface area (Å²) in [7, 11) is 3.32. The average molecular weight is 372 g/mol. The number of guanidine groups is 1. The van der Waals surface area contributed by atoms with E-state index in [0.717, 1.165) is 11.1 Å². The summed E-state index contributed by atoms with van der Waals surface area (Å²) in [5.41, 5.74) is 2.10. The molecule has 5 nitrogen and oxygen atoms in total. The van der Waals surface area contributed by atoms with Gasteiger partial charge in [-0.2, -0.15) is 0 Å². The van der Waals surface area contributed by atoms with Crippen molar-refractivity contribution >= 4 is 17.6 Å². The van der Waals surface area contributed by atoms with Gasteiger partial charge in [0.1, 0.15) is 6.61 Å². The molecule has 136 valence electrons. The molecule has 0 bridgehead atoms. The normalized spacial score (nSPS) is 10.8. The summed E-state index contributed by atoms with van der Waals surface area (Å²) in [6, 6.07) is 13.4. The molecule has 0 aromatic heterocycles. The van der Waals surface area contributed by atoms with Gasteiger partial charge in [0.2, 0.25) is 0 Å². The number of nitrogens with one attached hydrogen (secondary N) is 2. The molecule has 0 aliphatic rings. The van der Waals surface area contributed by atoms with Crippen molar-refractivity contribution < 1.29 is 9.47 Å². The number of aliphatic imine (C=N–C) groups is 1. The van der Waals surface area contributed by atoms with Crippen LogP contribution in [0.25, 0.3) is 0 Å². The van der Waals surface area contributed by atoms with Crippen LogP contribution in [0.3, 0.4) is 0 Å². The number of nitrogens with zero attached hydrogens (tertiary/aromatic N) is 1. The molecule has 0 spiro atoms. The highest BCUT2D eigenvalue weighted by molar-refractivity contribution is 6.30. The number of benzene rings is 2. The lowest BCUT2D eigenvalue weighted by Crippen LogP contribution is -2.36. The zero-order valence-electron chi connectivity index (χ0n) is 14.9. The van der Waals surface area contributed by atoms with Crippen molar-refractivity contribution in [3.8, 4) is 23.8 Å². The van der Waals surface area contributed by atoms with E-state index < -0.39 is 0 Å². The molecule has 2 N–H and O–H groups in total. The van der Waals surface area contributed by atoms with Crippen molar-refractivity contribution in [1.82, 2.24) is 10.6 Å². The molecular weight excluding hydrogens is 350 g/mol. The Kier molecular flexibility index (Phi) is 7.66. The van der Waals surface area contributed by atoms with Gasteiger partial charge >= 0.3 is 0 Å². The van der Waals surface area contributed by atoms with Crippen LogP contribution < -0.4 is 20.1 Å². The molecular formula is C20H22ClN3O2. The first-order valence-electron chi connectivity index (χ1n) is 8.08. The molecule has 26 heavy (non-hydrogen) atoms. The predicted molar refractivity (Wildman–Crippen MR) is 106 cm³/mol. The first-order chi connectivity index (χ1) is 12.7. The highest BCUT2D eigenvalue weighted by Gasteiger charge is 2.06. The lowest BCUT2D eigenvalue weighted by molar-refractivity contribution is 0.330. The van der Waals surface area contributed by atoms with Gasteiger partial charge < -0.3 is 20.1 Å². The Labute approximate surface area is 159 Å². The Morgan fingerprint density at radius 2 is 1.85 bits per heavy atom. The maximum Gasteiger partial charge on any atom is 0.191 e. The van der Waals surface area contributed by atoms with Crippen molar-refractivity contribution in [2.24, 2.45) is 4.99 Å². The lowest BCUT2D eigenvalue weighted by Gasteiger charge is -2.14. The van der Waals surface area contributed by atoms with Crippen molar-refractivity contribution in [3.05, 3.63) is 58.6 Å². The van der Waals surface area contributed by atoms with Crippen LogP contribution in [0, 0.1) is 12.3 Å². The molecule has 2 aromatic carbocycles. The summed E-state index contributed by atoms with van der Waals surface area (Å²) >= 11 is 6.00. The third-order valence-electron chi connectivity index (χ3n) is 3.57. The minimum Gasteiger partial charge on any atom is -0.493 e. The molecule has 0 fully saturated rings. The number of methoxy groups -OCH3 is 1. The van der Waals surface area contributed by atoms with E-state index in [0.29, 0.717) is 35.6 Å². The Morgan fingerprint density at radius 1 is 1.12 bits per heavy atom. The average Bonchev–Trinajstić information content (AvgIpc) is 2.66. The Morgan fingerprint density at radius 3 is 2.46 bits per heavy atom. The molecule has 6 heteroatoms. The first kappa shape index (κ1) is 19.5. The van der Waals surface area contributed by atoms with Crippen LogP contribution in [0.1, 0.15) is 11.1 Å². The molecule has 2 rings (SSSR count). The topological polar surface area (TPSA) is 54.9 Å². The zero-order valence-corrected chi connectivity index (χ0v) is 15.6. The quantitative estimate of drug-likeness (QED) is 0.446. The van der Waals surface area contributed by atoms with E-state index in [1.165, 1.54) is 0 Å². The number of halogens is 1. The number of hydrogen-bond acceptors (Lipinski definition) is 3. The van der Waals surface area contributed by atoms with Gasteiger partial charge in [0.15, 0.2) is 17.5 Å². The minimum atomic E-state index is 0.191. The summed E-state index contributed by atoms with van der Waals surface area (Å²) in [6.45, 7) is 1.39. The minimum absolute atomic E-state index is 0.191. The maximum atomic E-state index is 6.00. The third-order valence-corrected chi connectivity index (χ3v) is 3.81. The molecule has 0 atom stereocenters. The van der Waals surface area contributed by atoms with E-state index in [1.807, 2.05) is 42.5 Å². The molecule has 0 unspecified atom stereocenters. The van der Waals surface area contributed by atoms with Gasteiger partial charge in [-0.05, 0) is 35.4 Å². The van der Waals surface area contributed by atoms with E-state index in [2.05, 4.69) is 21.5 Å². The van der Waals surface area contributed by atoms with Crippen molar-refractivity contribution in [2.45, 2.75) is 13.1 Å². The third kappa shape index (κ3) is 5.91. The Bertz CT molecular complexity index is 800. The van der Waals surface area contributed by atoms with Crippen LogP contribution >= 0.6 is 11.6 Å². The van der Waals surface area contributed by atoms with E-state index in [1.54, 1.807) is 14.2 Å². The number of terminal acetylenes is 1. The second-order valence-electron chi connectivity index (χ2n) is 5.39. The molecule has 0 aliphatic heterocycles. The highest BCUT2D eigenvalue weighted by Crippen LogP contribution is 2.27. The largest absolute Gasteiger partial charge is 0.493 e. The number of hydrogen-bond donors (Lipinski definition) is 2. The van der Waals surface area contributed by atoms with E-state index in [4.69, 9.17) is 27.5 Å². The smallest absolute Gasteiger partial charge is 0.191 e. The van der Waals surface area contributed by atoms with E-state index in [-0.39, 0.29) is 6.61 Å². The van der Waals surface area contributed by atoms with Crippen molar-refractivity contribution in [3.63, 3.8) is 0 Å². The predicted octanol–water partition coefficient (Wildman–Crippen LogP) is 3.23. The van der Waals surface area contributed by atoms with Gasteiger partial charge in [-0.25, -0.2) is 0 Å². The fraction of sp³-hybridized carbons (Fsp3) is 0.250. The summed E-state index contributed by atoms with van der Waals surface area (Å²) < 4.78 is 10.8. The summed E-state index contributed by atoms with van der Waals surface area (Å²) in [6.07, 6.45) is 5.25. The molecule has 0 saturated carbocycles. The maximum absolute atomic E-state index is 6.00. The van der Waals surface area contributed by atoms with Gasteiger partial charge in [0.05, 0.1) is 7.11 Å². The molecule has 0 amide bonds. The monoisotopic (exact) mass is 371 g/mol. The molecule has 2 aromatic rings. The van der Waals surface area contributed by atoms with Crippen LogP contribution in [0.2, 0.25) is 5.02 Å². The van der Waals surface area contributed by atoms with Crippen molar-refractivity contribution in [2.75, 3.05) is 20.8 Å². The van der Waals surface area contributed by atoms with Crippen LogP contribution in [-0.2, 0) is 13.1 Å². The Balaban J connectivity index is 1.94. The molecule has 0 aliphatic carbocycles. The van der Waals surface area contributed by atoms with Gasteiger partial charge in [-0.1, -0.05) is 35.7 Å². The summed E-state index contributed by atoms with van der Waals surface area (Å²) in [4.78, 5) is 4.23. The second kappa shape index (κ2) is 10.2. The van der Waals surface area contributed by atoms with E-state index in [9.17, 15) is 0 Å². The second-order valence-corrected chi connectivity index (χ2v) is 5.82. The van der Waals surface area contributed by atoms with Gasteiger partial charge in [0, 0.05) is 25.2 Å². The number of rotatable bonds is 7. The van der Waals surface area contributed by atoms with E-state index >= 15 is 0 Å². The summed E-state index contributed by atoms with van der Waals surface area (Å²) in [5.74, 6) is 4.40. The zero-order chi connectivity index (χ0) is 18.8. The standard InChI is InChI=1S/C20H22ClN3O2/c1-4-10-26-19-12-16(8-9-18(19)25-3)14-24-20(22-2)23-13-15-6-5-7-17(21)11-15/h1,5-9,11-12H,10,13-14H2,2-3H3,(H2,22,23,24). The highest BCUT2D eigenvalue weighted by atomic mass is 35.5. The van der Waals surface area contributed by atoms with Crippen LogP contribution in [0.5, 0.6) is 11.5 Å².